The van der Waals surface area contributed by atoms with Gasteiger partial charge in [0.05, 0.1) is 5.69 Å². The molecule has 0 aliphatic carbocycles. The van der Waals surface area contributed by atoms with Gasteiger partial charge in [0.15, 0.2) is 6.10 Å². The minimum absolute atomic E-state index is 0.296. The second kappa shape index (κ2) is 4.86. The van der Waals surface area contributed by atoms with Gasteiger partial charge in [0, 0.05) is 5.56 Å². The number of fused-ring (bicyclic) bond motifs is 1. The van der Waals surface area contributed by atoms with Gasteiger partial charge in [-0.15, -0.1) is 5.10 Å². The van der Waals surface area contributed by atoms with Gasteiger partial charge in [-0.05, 0) is 34.7 Å². The Balaban J connectivity index is 1.72. The van der Waals surface area contributed by atoms with Crippen LogP contribution in [-0.4, -0.2) is 20.2 Å². The molecule has 5 nitrogen and oxygen atoms in total. The van der Waals surface area contributed by atoms with Crippen molar-refractivity contribution in [2.75, 3.05) is 0 Å². The van der Waals surface area contributed by atoms with E-state index >= 15 is 0 Å². The summed E-state index contributed by atoms with van der Waals surface area (Å²) in [6.07, 6.45) is 3.70. The molecular formula is C16H12N4O. The van der Waals surface area contributed by atoms with Crippen molar-refractivity contribution in [3.63, 3.8) is 0 Å². The number of ether oxygens (including phenoxy) is 1. The van der Waals surface area contributed by atoms with Crippen LogP contribution in [0.3, 0.4) is 0 Å². The Hall–Kier alpha value is -2.95. The predicted octanol–water partition coefficient (Wildman–Crippen LogP) is 2.81. The fraction of sp³-hybridized carbons (Fsp3) is 0.0625. The zero-order valence-electron chi connectivity index (χ0n) is 11.1. The molecule has 0 fully saturated rings. The average Bonchev–Trinajstić information content (AvgIpc) is 3.05. The molecule has 1 atom stereocenters. The van der Waals surface area contributed by atoms with E-state index in [2.05, 4.69) is 15.5 Å². The predicted molar refractivity (Wildman–Crippen MR) is 78.0 cm³/mol. The fourth-order valence-electron chi connectivity index (χ4n) is 2.36. The lowest BCUT2D eigenvalue weighted by atomic mass is 10.1. The molecule has 0 spiro atoms. The summed E-state index contributed by atoms with van der Waals surface area (Å²) >= 11 is 0. The van der Waals surface area contributed by atoms with E-state index in [9.17, 15) is 0 Å². The third-order valence-corrected chi connectivity index (χ3v) is 3.37. The summed E-state index contributed by atoms with van der Waals surface area (Å²) in [4.78, 5) is 0. The highest BCUT2D eigenvalue weighted by atomic mass is 16.5. The Morgan fingerprint density at radius 3 is 2.67 bits per heavy atom. The molecule has 0 amide bonds. The second-order valence-electron chi connectivity index (χ2n) is 4.72. The zero-order chi connectivity index (χ0) is 14.1. The maximum Gasteiger partial charge on any atom is 0.201 e. The van der Waals surface area contributed by atoms with Crippen LogP contribution >= 0.6 is 0 Å². The van der Waals surface area contributed by atoms with Crippen LogP contribution in [0.4, 0.5) is 0 Å². The molecule has 0 N–H and O–H groups in total. The number of rotatable bonds is 2. The first kappa shape index (κ1) is 11.8. The number of aromatic nitrogens is 4. The number of benzene rings is 2. The quantitative estimate of drug-likeness (QED) is 0.722. The molecule has 5 heteroatoms. The topological polar surface area (TPSA) is 52.8 Å². The maximum absolute atomic E-state index is 5.99. The van der Waals surface area contributed by atoms with Crippen LogP contribution in [0.2, 0.25) is 0 Å². The van der Waals surface area contributed by atoms with Gasteiger partial charge in [0.25, 0.3) is 0 Å². The minimum Gasteiger partial charge on any atom is -0.478 e. The summed E-state index contributed by atoms with van der Waals surface area (Å²) in [7, 11) is 0. The standard InChI is InChI=1S/C16H12N4O/c1-2-7-13(8-3-1)20-16(17-18-19-20)15-11-10-12-6-4-5-9-14(12)21-15/h1-11,15H. The van der Waals surface area contributed by atoms with Gasteiger partial charge >= 0.3 is 0 Å². The van der Waals surface area contributed by atoms with Gasteiger partial charge in [-0.2, -0.15) is 4.68 Å². The molecule has 0 radical (unpaired) electrons. The Bertz CT molecular complexity index is 795. The largest absolute Gasteiger partial charge is 0.478 e. The van der Waals surface area contributed by atoms with Crippen LogP contribution in [0, 0.1) is 0 Å². The van der Waals surface area contributed by atoms with Crippen LogP contribution in [0.25, 0.3) is 11.8 Å². The molecule has 4 rings (SSSR count). The van der Waals surface area contributed by atoms with E-state index in [1.807, 2.05) is 66.7 Å². The van der Waals surface area contributed by atoms with E-state index in [1.165, 1.54) is 0 Å². The molecular weight excluding hydrogens is 264 g/mol. The van der Waals surface area contributed by atoms with Crippen molar-refractivity contribution in [1.82, 2.24) is 20.2 Å². The smallest absolute Gasteiger partial charge is 0.201 e. The Morgan fingerprint density at radius 2 is 1.76 bits per heavy atom. The van der Waals surface area contributed by atoms with Crippen molar-refractivity contribution in [3.05, 3.63) is 72.1 Å². The van der Waals surface area contributed by atoms with Gasteiger partial charge in [0.1, 0.15) is 5.75 Å². The van der Waals surface area contributed by atoms with Gasteiger partial charge in [-0.1, -0.05) is 42.5 Å². The molecule has 1 aliphatic rings. The summed E-state index contributed by atoms with van der Waals surface area (Å²) in [5.41, 5.74) is 1.97. The van der Waals surface area contributed by atoms with E-state index in [0.717, 1.165) is 17.0 Å². The molecule has 2 heterocycles. The molecule has 0 bridgehead atoms. The molecule has 1 aliphatic heterocycles. The second-order valence-corrected chi connectivity index (χ2v) is 4.72. The zero-order valence-corrected chi connectivity index (χ0v) is 11.1. The first-order valence-electron chi connectivity index (χ1n) is 6.69. The Morgan fingerprint density at radius 1 is 0.952 bits per heavy atom. The fourth-order valence-corrected chi connectivity index (χ4v) is 2.36. The third-order valence-electron chi connectivity index (χ3n) is 3.37. The highest BCUT2D eigenvalue weighted by Gasteiger charge is 2.22. The number of tetrazole rings is 1. The molecule has 3 aromatic rings. The van der Waals surface area contributed by atoms with E-state index in [1.54, 1.807) is 4.68 Å². The number of nitrogens with zero attached hydrogens (tertiary/aromatic N) is 4. The van der Waals surface area contributed by atoms with Crippen molar-refractivity contribution in [3.8, 4) is 11.4 Å². The lowest BCUT2D eigenvalue weighted by Crippen LogP contribution is -2.15. The van der Waals surface area contributed by atoms with Crippen LogP contribution in [0.15, 0.2) is 60.7 Å². The lowest BCUT2D eigenvalue weighted by Gasteiger charge is -2.20. The van der Waals surface area contributed by atoms with Gasteiger partial charge < -0.3 is 4.74 Å². The van der Waals surface area contributed by atoms with Crippen LogP contribution in [-0.2, 0) is 0 Å². The van der Waals surface area contributed by atoms with Crippen molar-refractivity contribution in [2.45, 2.75) is 6.10 Å². The first-order chi connectivity index (χ1) is 10.4. The number of para-hydroxylation sites is 2. The summed E-state index contributed by atoms with van der Waals surface area (Å²) in [6.45, 7) is 0. The van der Waals surface area contributed by atoms with Crippen LogP contribution < -0.4 is 4.74 Å². The molecule has 0 saturated heterocycles. The summed E-state index contributed by atoms with van der Waals surface area (Å²) < 4.78 is 7.69. The molecule has 1 aromatic heterocycles. The van der Waals surface area contributed by atoms with E-state index in [0.29, 0.717) is 5.82 Å². The highest BCUT2D eigenvalue weighted by molar-refractivity contribution is 5.60. The highest BCUT2D eigenvalue weighted by Crippen LogP contribution is 2.31. The number of hydrogen-bond acceptors (Lipinski definition) is 4. The van der Waals surface area contributed by atoms with Gasteiger partial charge in [-0.3, -0.25) is 0 Å². The first-order valence-corrected chi connectivity index (χ1v) is 6.69. The number of hydrogen-bond donors (Lipinski definition) is 0. The lowest BCUT2D eigenvalue weighted by molar-refractivity contribution is 0.238. The Labute approximate surface area is 121 Å². The summed E-state index contributed by atoms with van der Waals surface area (Å²) in [5, 5.41) is 12.0. The average molecular weight is 276 g/mol. The molecule has 21 heavy (non-hydrogen) atoms. The minimum atomic E-state index is -0.296. The molecule has 0 saturated carbocycles. The molecule has 1 unspecified atom stereocenters. The molecule has 102 valence electrons. The van der Waals surface area contributed by atoms with Crippen LogP contribution in [0.1, 0.15) is 17.5 Å². The van der Waals surface area contributed by atoms with Crippen molar-refractivity contribution < 1.29 is 4.74 Å². The summed E-state index contributed by atoms with van der Waals surface area (Å²) in [6, 6.07) is 17.7. The molecule has 2 aromatic carbocycles. The summed E-state index contributed by atoms with van der Waals surface area (Å²) in [5.74, 6) is 1.50. The maximum atomic E-state index is 5.99. The van der Waals surface area contributed by atoms with Crippen molar-refractivity contribution in [2.24, 2.45) is 0 Å². The normalized spacial score (nSPS) is 16.3. The van der Waals surface area contributed by atoms with Gasteiger partial charge in [0.2, 0.25) is 5.82 Å². The monoisotopic (exact) mass is 276 g/mol. The Kier molecular flexibility index (Phi) is 2.74. The van der Waals surface area contributed by atoms with Crippen LogP contribution in [0.5, 0.6) is 5.75 Å². The SMILES string of the molecule is C1=CC(c2nnnn2-c2ccccc2)Oc2ccccc21. The van der Waals surface area contributed by atoms with Crippen molar-refractivity contribution in [1.29, 1.82) is 0 Å². The van der Waals surface area contributed by atoms with Crippen molar-refractivity contribution >= 4 is 6.08 Å². The van der Waals surface area contributed by atoms with E-state index in [-0.39, 0.29) is 6.10 Å². The van der Waals surface area contributed by atoms with E-state index < -0.39 is 0 Å². The van der Waals surface area contributed by atoms with E-state index in [4.69, 9.17) is 4.74 Å². The third kappa shape index (κ3) is 2.08. The van der Waals surface area contributed by atoms with Gasteiger partial charge in [-0.25, -0.2) is 0 Å².